The molecular weight excluding hydrogens is 455 g/mol. The molecule has 0 bridgehead atoms. The molecule has 5 rings (SSSR count). The van der Waals surface area contributed by atoms with Crippen LogP contribution in [0.15, 0.2) is 27.6 Å². The summed E-state index contributed by atoms with van der Waals surface area (Å²) in [5.41, 5.74) is -0.376. The molecule has 7 nitrogen and oxygen atoms in total. The maximum Gasteiger partial charge on any atom is 1.00 e. The van der Waals surface area contributed by atoms with Crippen molar-refractivity contribution in [1.29, 1.82) is 0 Å². The summed E-state index contributed by atoms with van der Waals surface area (Å²) in [6, 6.07) is 3.32. The molecule has 0 saturated heterocycles. The second-order valence-corrected chi connectivity index (χ2v) is 12.3. The van der Waals surface area contributed by atoms with E-state index >= 15 is 0 Å². The summed E-state index contributed by atoms with van der Waals surface area (Å²) in [6.07, 6.45) is 8.41. The third-order valence-corrected chi connectivity index (χ3v) is 10.7. The number of rotatable bonds is 3. The predicted molar refractivity (Wildman–Crippen MR) is 115 cm³/mol. The zero-order chi connectivity index (χ0) is 22.9. The van der Waals surface area contributed by atoms with Gasteiger partial charge in [0.15, 0.2) is 0 Å². The molecule has 0 spiro atoms. The molecular formula is C24H33NaO7S. The van der Waals surface area contributed by atoms with Crippen LogP contribution < -0.4 is 35.2 Å². The van der Waals surface area contributed by atoms with Crippen molar-refractivity contribution < 1.29 is 56.2 Å². The monoisotopic (exact) mass is 488 g/mol. The van der Waals surface area contributed by atoms with E-state index < -0.39 is 22.1 Å². The van der Waals surface area contributed by atoms with Crippen molar-refractivity contribution in [1.82, 2.24) is 0 Å². The second-order valence-electron chi connectivity index (χ2n) is 11.3. The summed E-state index contributed by atoms with van der Waals surface area (Å²) in [5, 5.41) is 12.2. The average molecular weight is 489 g/mol. The van der Waals surface area contributed by atoms with Gasteiger partial charge in [-0.15, -0.1) is 0 Å². The third kappa shape index (κ3) is 4.11. The maximum absolute atomic E-state index is 12.2. The van der Waals surface area contributed by atoms with Crippen molar-refractivity contribution in [2.75, 3.05) is 0 Å². The summed E-state index contributed by atoms with van der Waals surface area (Å²) in [5.74, 6) is 1.04. The molecule has 0 aromatic carbocycles. The quantitative estimate of drug-likeness (QED) is 0.379. The van der Waals surface area contributed by atoms with Gasteiger partial charge in [-0.1, -0.05) is 13.8 Å². The minimum absolute atomic E-state index is 0. The molecule has 9 heteroatoms. The van der Waals surface area contributed by atoms with Gasteiger partial charge in [0, 0.05) is 11.5 Å². The molecule has 4 saturated carbocycles. The normalized spacial score (nSPS) is 44.8. The van der Waals surface area contributed by atoms with Gasteiger partial charge >= 0.3 is 35.2 Å². The van der Waals surface area contributed by atoms with E-state index in [1.54, 1.807) is 6.26 Å². The van der Waals surface area contributed by atoms with Gasteiger partial charge in [-0.05, 0) is 98.5 Å². The van der Waals surface area contributed by atoms with Crippen molar-refractivity contribution >= 4 is 10.4 Å². The van der Waals surface area contributed by atoms with E-state index in [0.717, 1.165) is 50.5 Å². The van der Waals surface area contributed by atoms with Crippen molar-refractivity contribution in [2.45, 2.75) is 89.3 Å². The molecule has 1 aromatic heterocycles. The summed E-state index contributed by atoms with van der Waals surface area (Å²) in [4.78, 5) is 11.4. The first-order chi connectivity index (χ1) is 15.0. The molecule has 4 aliphatic carbocycles. The van der Waals surface area contributed by atoms with Gasteiger partial charge in [0.05, 0.1) is 18.0 Å². The van der Waals surface area contributed by atoms with E-state index in [2.05, 4.69) is 13.8 Å². The van der Waals surface area contributed by atoms with Crippen LogP contribution in [0.4, 0.5) is 0 Å². The van der Waals surface area contributed by atoms with Gasteiger partial charge in [0.1, 0.15) is 0 Å². The Morgan fingerprint density at radius 3 is 2.48 bits per heavy atom. The molecule has 1 aromatic rings. The average Bonchev–Trinajstić information content (AvgIpc) is 2.99. The fraction of sp³-hybridized carbons (Fsp3) is 0.792. The molecule has 8 atom stereocenters. The Bertz CT molecular complexity index is 1040. The van der Waals surface area contributed by atoms with Crippen LogP contribution in [0.5, 0.6) is 0 Å². The molecule has 1 N–H and O–H groups in total. The summed E-state index contributed by atoms with van der Waals surface area (Å²) in [6.45, 7) is 4.52. The predicted octanol–water partition coefficient (Wildman–Crippen LogP) is 0.730. The van der Waals surface area contributed by atoms with Crippen LogP contribution in [0.2, 0.25) is 0 Å². The maximum atomic E-state index is 12.2. The number of fused-ring (bicyclic) bond motifs is 5. The molecule has 0 aliphatic heterocycles. The molecule has 33 heavy (non-hydrogen) atoms. The Kier molecular flexibility index (Phi) is 6.83. The van der Waals surface area contributed by atoms with Crippen LogP contribution in [0.3, 0.4) is 0 Å². The first kappa shape index (κ1) is 25.9. The Hall–Kier alpha value is -0.220. The molecule has 1 heterocycles. The van der Waals surface area contributed by atoms with Gasteiger partial charge < -0.3 is 14.1 Å². The SMILES string of the molecule is C[C@]12CC[C@H](OS(=O)(=O)[O-])C[C@H]1CC[C@@H]1[C@@H]2CC[C@]2(C)[C@@H](c3ccc(=O)oc3)CC[C@]12O.[Na+]. The van der Waals surface area contributed by atoms with E-state index in [9.17, 15) is 22.9 Å². The van der Waals surface area contributed by atoms with Crippen molar-refractivity contribution in [2.24, 2.45) is 28.6 Å². The fourth-order valence-corrected chi connectivity index (χ4v) is 9.05. The fourth-order valence-electron chi connectivity index (χ4n) is 8.54. The number of hydrogen-bond donors (Lipinski definition) is 1. The van der Waals surface area contributed by atoms with E-state index in [0.29, 0.717) is 24.7 Å². The zero-order valence-electron chi connectivity index (χ0n) is 19.8. The van der Waals surface area contributed by atoms with Gasteiger partial charge in [-0.2, -0.15) is 0 Å². The van der Waals surface area contributed by atoms with Crippen LogP contribution >= 0.6 is 0 Å². The first-order valence-corrected chi connectivity index (χ1v) is 13.2. The third-order valence-electron chi connectivity index (χ3n) is 10.2. The summed E-state index contributed by atoms with van der Waals surface area (Å²) < 4.78 is 43.3. The second kappa shape index (κ2) is 8.71. The first-order valence-electron chi connectivity index (χ1n) is 11.9. The molecule has 0 radical (unpaired) electrons. The topological polar surface area (TPSA) is 117 Å². The largest absolute Gasteiger partial charge is 1.00 e. The molecule has 4 aliphatic rings. The van der Waals surface area contributed by atoms with Crippen molar-refractivity contribution in [3.05, 3.63) is 34.4 Å². The van der Waals surface area contributed by atoms with Crippen molar-refractivity contribution in [3.8, 4) is 0 Å². The van der Waals surface area contributed by atoms with Crippen LogP contribution in [0, 0.1) is 28.6 Å². The standard InChI is InChI=1S/C24H34O7S.Na/c1-22-10-7-17(31-32(27,28)29)13-16(22)4-5-20-19(22)8-11-23(2)18(9-12-24(20,23)26)15-3-6-21(25)30-14-15;/h3,6,14,16-20,26H,4-5,7-13H2,1-2H3,(H,27,28,29);/q;+1/p-1/t16-,17+,18-,19+,20-,22+,23-,24+;/m1./s1. The zero-order valence-corrected chi connectivity index (χ0v) is 22.6. The number of aliphatic hydroxyl groups is 1. The summed E-state index contributed by atoms with van der Waals surface area (Å²) in [7, 11) is -4.69. The van der Waals surface area contributed by atoms with E-state index in [-0.39, 0.29) is 57.8 Å². The Morgan fingerprint density at radius 1 is 1.06 bits per heavy atom. The van der Waals surface area contributed by atoms with Gasteiger partial charge in [0.2, 0.25) is 10.4 Å². The molecule has 0 amide bonds. The molecule has 4 fully saturated rings. The van der Waals surface area contributed by atoms with Gasteiger partial charge in [0.25, 0.3) is 0 Å². The Morgan fingerprint density at radius 2 is 1.82 bits per heavy atom. The van der Waals surface area contributed by atoms with Crippen LogP contribution in [-0.4, -0.2) is 29.8 Å². The Labute approximate surface area is 217 Å². The van der Waals surface area contributed by atoms with Crippen LogP contribution in [0.1, 0.15) is 83.1 Å². The van der Waals surface area contributed by atoms with Crippen LogP contribution in [-0.2, 0) is 14.6 Å². The number of hydrogen-bond acceptors (Lipinski definition) is 7. The minimum Gasteiger partial charge on any atom is -0.726 e. The van der Waals surface area contributed by atoms with Crippen molar-refractivity contribution in [3.63, 3.8) is 0 Å². The van der Waals surface area contributed by atoms with E-state index in [4.69, 9.17) is 8.60 Å². The van der Waals surface area contributed by atoms with Gasteiger partial charge in [-0.25, -0.2) is 13.2 Å². The molecule has 178 valence electrons. The summed E-state index contributed by atoms with van der Waals surface area (Å²) >= 11 is 0. The smallest absolute Gasteiger partial charge is 0.726 e. The van der Waals surface area contributed by atoms with Crippen LogP contribution in [0.25, 0.3) is 0 Å². The minimum atomic E-state index is -4.69. The van der Waals surface area contributed by atoms with E-state index in [1.807, 2.05) is 6.07 Å². The van der Waals surface area contributed by atoms with E-state index in [1.165, 1.54) is 6.07 Å². The molecule has 0 unspecified atom stereocenters. The van der Waals surface area contributed by atoms with Gasteiger partial charge in [-0.3, -0.25) is 4.18 Å². The Balaban J connectivity index is 0.00000259.